The number of thioether (sulfide) groups is 1. The van der Waals surface area contributed by atoms with Crippen LogP contribution in [-0.2, 0) is 19.4 Å². The van der Waals surface area contributed by atoms with Gasteiger partial charge in [-0.05, 0) is 12.3 Å². The normalized spacial score (nSPS) is 30.6. The summed E-state index contributed by atoms with van der Waals surface area (Å²) in [4.78, 5) is 24.3. The molecule has 2 aliphatic rings. The van der Waals surface area contributed by atoms with Gasteiger partial charge in [0.2, 0.25) is 5.91 Å². The van der Waals surface area contributed by atoms with E-state index in [1.165, 1.54) is 16.7 Å². The molecule has 6 nitrogen and oxygen atoms in total. The van der Waals surface area contributed by atoms with Crippen LogP contribution >= 0.6 is 11.8 Å². The van der Waals surface area contributed by atoms with E-state index in [9.17, 15) is 18.0 Å². The monoisotopic (exact) mass is 293 g/mol. The lowest BCUT2D eigenvalue weighted by molar-refractivity contribution is -0.148. The van der Waals surface area contributed by atoms with E-state index >= 15 is 0 Å². The zero-order valence-corrected chi connectivity index (χ0v) is 11.4. The van der Waals surface area contributed by atoms with Gasteiger partial charge in [0.05, 0.1) is 17.4 Å². The highest BCUT2D eigenvalue weighted by atomic mass is 32.2. The van der Waals surface area contributed by atoms with E-state index in [-0.39, 0.29) is 29.8 Å². The Hall–Kier alpha value is -0.760. The van der Waals surface area contributed by atoms with E-state index in [1.807, 2.05) is 0 Å². The first-order chi connectivity index (χ1) is 8.39. The molecule has 2 atom stereocenters. The van der Waals surface area contributed by atoms with Crippen molar-refractivity contribution in [2.75, 3.05) is 23.1 Å². The zero-order valence-electron chi connectivity index (χ0n) is 9.74. The van der Waals surface area contributed by atoms with Gasteiger partial charge in [0.25, 0.3) is 0 Å². The highest BCUT2D eigenvalue weighted by Crippen LogP contribution is 2.26. The zero-order chi connectivity index (χ0) is 13.3. The number of carboxylic acids is 1. The van der Waals surface area contributed by atoms with Crippen molar-refractivity contribution in [3.63, 3.8) is 0 Å². The smallest absolute Gasteiger partial charge is 0.327 e. The predicted octanol–water partition coefficient (Wildman–Crippen LogP) is -0.203. The third kappa shape index (κ3) is 2.97. The van der Waals surface area contributed by atoms with Crippen LogP contribution in [0.1, 0.15) is 12.8 Å². The summed E-state index contributed by atoms with van der Waals surface area (Å²) in [5.41, 5.74) is 0. The molecule has 1 amide bonds. The minimum Gasteiger partial charge on any atom is -0.480 e. The molecule has 8 heteroatoms. The number of carbonyl (C=O) groups excluding carboxylic acids is 1. The lowest BCUT2D eigenvalue weighted by Crippen LogP contribution is -2.42. The van der Waals surface area contributed by atoms with Crippen LogP contribution in [0.25, 0.3) is 0 Å². The molecule has 0 spiro atoms. The van der Waals surface area contributed by atoms with Crippen molar-refractivity contribution in [1.82, 2.24) is 4.90 Å². The molecule has 2 fully saturated rings. The van der Waals surface area contributed by atoms with Crippen LogP contribution < -0.4 is 0 Å². The minimum absolute atomic E-state index is 0.0530. The maximum Gasteiger partial charge on any atom is 0.327 e. The van der Waals surface area contributed by atoms with Gasteiger partial charge in [0.15, 0.2) is 9.84 Å². The molecule has 0 aromatic heterocycles. The van der Waals surface area contributed by atoms with Gasteiger partial charge in [0.1, 0.15) is 6.04 Å². The number of nitrogens with zero attached hydrogens (tertiary/aromatic N) is 1. The molecule has 18 heavy (non-hydrogen) atoms. The van der Waals surface area contributed by atoms with Crippen molar-refractivity contribution >= 4 is 33.5 Å². The second-order valence-electron chi connectivity index (χ2n) is 4.69. The molecule has 0 saturated carbocycles. The van der Waals surface area contributed by atoms with Crippen LogP contribution in [0.4, 0.5) is 0 Å². The van der Waals surface area contributed by atoms with Crippen LogP contribution in [0, 0.1) is 5.92 Å². The van der Waals surface area contributed by atoms with E-state index < -0.39 is 21.8 Å². The van der Waals surface area contributed by atoms with Crippen molar-refractivity contribution < 1.29 is 23.1 Å². The molecule has 1 N–H and O–H groups in total. The van der Waals surface area contributed by atoms with Crippen molar-refractivity contribution in [2.24, 2.45) is 5.92 Å². The number of hydrogen-bond donors (Lipinski definition) is 1. The molecule has 0 aromatic rings. The Bertz CT molecular complexity index is 461. The second kappa shape index (κ2) is 5.08. The number of hydrogen-bond acceptors (Lipinski definition) is 5. The first-order valence-corrected chi connectivity index (χ1v) is 8.67. The van der Waals surface area contributed by atoms with Gasteiger partial charge in [0, 0.05) is 12.2 Å². The van der Waals surface area contributed by atoms with E-state index in [0.717, 1.165) is 0 Å². The molecule has 0 aromatic carbocycles. The van der Waals surface area contributed by atoms with Crippen LogP contribution in [0.3, 0.4) is 0 Å². The summed E-state index contributed by atoms with van der Waals surface area (Å²) in [5.74, 6) is -0.400. The third-order valence-electron chi connectivity index (χ3n) is 3.28. The topological polar surface area (TPSA) is 91.8 Å². The fourth-order valence-corrected chi connectivity index (χ4v) is 5.32. The van der Waals surface area contributed by atoms with Gasteiger partial charge in [-0.3, -0.25) is 4.79 Å². The van der Waals surface area contributed by atoms with Crippen molar-refractivity contribution in [3.05, 3.63) is 0 Å². The summed E-state index contributed by atoms with van der Waals surface area (Å²) in [6, 6.07) is -0.763. The lowest BCUT2D eigenvalue weighted by atomic mass is 10.0. The number of sulfone groups is 1. The highest BCUT2D eigenvalue weighted by molar-refractivity contribution is 7.99. The van der Waals surface area contributed by atoms with E-state index in [1.54, 1.807) is 0 Å². The molecule has 2 unspecified atom stereocenters. The molecular weight excluding hydrogens is 278 g/mol. The minimum atomic E-state index is -2.99. The summed E-state index contributed by atoms with van der Waals surface area (Å²) in [7, 11) is -2.99. The molecule has 0 radical (unpaired) electrons. The average molecular weight is 293 g/mol. The summed E-state index contributed by atoms with van der Waals surface area (Å²) < 4.78 is 22.6. The lowest BCUT2D eigenvalue weighted by Gasteiger charge is -2.21. The van der Waals surface area contributed by atoms with Gasteiger partial charge < -0.3 is 10.0 Å². The number of aliphatic carboxylic acids is 1. The predicted molar refractivity (Wildman–Crippen MR) is 67.0 cm³/mol. The van der Waals surface area contributed by atoms with E-state index in [2.05, 4.69) is 0 Å². The molecule has 0 bridgehead atoms. The highest BCUT2D eigenvalue weighted by Gasteiger charge is 2.37. The standard InChI is InChI=1S/C10H15NO5S2/c12-9(3-7-1-2-18(15,16)5-7)11-6-17-4-8(11)10(13)14/h7-8H,1-6H2,(H,13,14). The summed E-state index contributed by atoms with van der Waals surface area (Å²) in [5, 5.41) is 8.97. The Morgan fingerprint density at radius 3 is 2.67 bits per heavy atom. The first kappa shape index (κ1) is 13.7. The SMILES string of the molecule is O=C(O)C1CSCN1C(=O)CC1CCS(=O)(=O)C1. The van der Waals surface area contributed by atoms with Gasteiger partial charge in [-0.15, -0.1) is 11.8 Å². The average Bonchev–Trinajstić information content (AvgIpc) is 2.84. The molecule has 2 rings (SSSR count). The quantitative estimate of drug-likeness (QED) is 0.774. The van der Waals surface area contributed by atoms with Crippen molar-refractivity contribution in [2.45, 2.75) is 18.9 Å². The summed E-state index contributed by atoms with van der Waals surface area (Å²) in [6.45, 7) is 0. The Morgan fingerprint density at radius 2 is 2.11 bits per heavy atom. The fourth-order valence-electron chi connectivity index (χ4n) is 2.29. The first-order valence-electron chi connectivity index (χ1n) is 5.69. The van der Waals surface area contributed by atoms with Gasteiger partial charge in [-0.1, -0.05) is 0 Å². The number of carboxylic acid groups (broad SMARTS) is 1. The molecule has 2 saturated heterocycles. The van der Waals surface area contributed by atoms with Gasteiger partial charge >= 0.3 is 5.97 Å². The molecular formula is C10H15NO5S2. The largest absolute Gasteiger partial charge is 0.480 e. The Morgan fingerprint density at radius 1 is 1.39 bits per heavy atom. The number of rotatable bonds is 3. The Labute approximate surface area is 110 Å². The van der Waals surface area contributed by atoms with E-state index in [0.29, 0.717) is 18.1 Å². The summed E-state index contributed by atoms with van der Waals surface area (Å²) >= 11 is 1.41. The second-order valence-corrected chi connectivity index (χ2v) is 7.92. The maximum absolute atomic E-state index is 12.0. The molecule has 2 heterocycles. The molecule has 102 valence electrons. The van der Waals surface area contributed by atoms with Crippen LogP contribution in [0.5, 0.6) is 0 Å². The van der Waals surface area contributed by atoms with Gasteiger partial charge in [-0.25, -0.2) is 13.2 Å². The third-order valence-corrected chi connectivity index (χ3v) is 6.13. The molecule has 0 aliphatic carbocycles. The van der Waals surface area contributed by atoms with Crippen LogP contribution in [0.2, 0.25) is 0 Å². The van der Waals surface area contributed by atoms with Gasteiger partial charge in [-0.2, -0.15) is 0 Å². The van der Waals surface area contributed by atoms with Crippen LogP contribution in [0.15, 0.2) is 0 Å². The Balaban J connectivity index is 1.94. The van der Waals surface area contributed by atoms with Crippen LogP contribution in [-0.4, -0.2) is 59.5 Å². The maximum atomic E-state index is 12.0. The summed E-state index contributed by atoms with van der Waals surface area (Å²) in [6.07, 6.45) is 0.649. The Kier molecular flexibility index (Phi) is 3.86. The fraction of sp³-hybridized carbons (Fsp3) is 0.800. The number of amides is 1. The van der Waals surface area contributed by atoms with E-state index in [4.69, 9.17) is 5.11 Å². The number of carbonyl (C=O) groups is 2. The van der Waals surface area contributed by atoms with Crippen molar-refractivity contribution in [3.8, 4) is 0 Å². The van der Waals surface area contributed by atoms with Crippen molar-refractivity contribution in [1.29, 1.82) is 0 Å². The molecule has 2 aliphatic heterocycles.